The van der Waals surface area contributed by atoms with Gasteiger partial charge in [0.1, 0.15) is 5.82 Å². The first-order chi connectivity index (χ1) is 13.7. The highest BCUT2D eigenvalue weighted by Gasteiger charge is 2.27. The number of nitrogens with zero attached hydrogens (tertiary/aromatic N) is 1. The Labute approximate surface area is 168 Å². The van der Waals surface area contributed by atoms with Crippen molar-refractivity contribution in [3.8, 4) is 0 Å². The molecule has 1 fully saturated rings. The van der Waals surface area contributed by atoms with Crippen molar-refractivity contribution in [3.63, 3.8) is 0 Å². The number of amides is 1. The molecule has 0 spiro atoms. The van der Waals surface area contributed by atoms with E-state index in [1.807, 2.05) is 0 Å². The molecule has 0 radical (unpaired) electrons. The Kier molecular flexibility index (Phi) is 6.32. The van der Waals surface area contributed by atoms with E-state index in [1.54, 1.807) is 0 Å². The number of carbonyl (C=O) groups excluding carboxylic acids is 1. The molecule has 1 heterocycles. The van der Waals surface area contributed by atoms with Crippen molar-refractivity contribution in [2.45, 2.75) is 22.6 Å². The van der Waals surface area contributed by atoms with Crippen LogP contribution in [0, 0.1) is 5.82 Å². The average Bonchev–Trinajstić information content (AvgIpc) is 3.24. The summed E-state index contributed by atoms with van der Waals surface area (Å²) in [6, 6.07) is 9.87. The summed E-state index contributed by atoms with van der Waals surface area (Å²) in [6.07, 6.45) is 1.60. The fourth-order valence-corrected chi connectivity index (χ4v) is 5.35. The van der Waals surface area contributed by atoms with E-state index in [0.717, 1.165) is 25.0 Å². The van der Waals surface area contributed by atoms with E-state index >= 15 is 0 Å². The molecule has 1 saturated heterocycles. The second-order valence-electron chi connectivity index (χ2n) is 6.46. The van der Waals surface area contributed by atoms with Crippen LogP contribution in [-0.2, 0) is 24.8 Å². The lowest BCUT2D eigenvalue weighted by molar-refractivity contribution is -0.115. The summed E-state index contributed by atoms with van der Waals surface area (Å²) < 4.78 is 66.1. The number of nitrogens with one attached hydrogen (secondary N) is 2. The molecule has 0 atom stereocenters. The van der Waals surface area contributed by atoms with E-state index in [4.69, 9.17) is 0 Å². The summed E-state index contributed by atoms with van der Waals surface area (Å²) in [4.78, 5) is 11.8. The molecule has 3 rings (SSSR count). The molecule has 0 aliphatic carbocycles. The minimum absolute atomic E-state index is 0.0207. The Morgan fingerprint density at radius 1 is 0.897 bits per heavy atom. The molecule has 1 amide bonds. The average molecular weight is 442 g/mol. The Morgan fingerprint density at radius 3 is 2.03 bits per heavy atom. The molecule has 0 aromatic heterocycles. The Morgan fingerprint density at radius 2 is 1.45 bits per heavy atom. The van der Waals surface area contributed by atoms with Crippen LogP contribution in [-0.4, -0.2) is 46.7 Å². The van der Waals surface area contributed by atoms with Gasteiger partial charge in [0.15, 0.2) is 0 Å². The van der Waals surface area contributed by atoms with E-state index in [9.17, 15) is 26.0 Å². The van der Waals surface area contributed by atoms with Crippen molar-refractivity contribution >= 4 is 31.6 Å². The van der Waals surface area contributed by atoms with Crippen molar-refractivity contribution in [2.24, 2.45) is 0 Å². The third kappa shape index (κ3) is 5.18. The molecule has 0 saturated carbocycles. The van der Waals surface area contributed by atoms with Gasteiger partial charge in [0.2, 0.25) is 26.0 Å². The van der Waals surface area contributed by atoms with Crippen molar-refractivity contribution < 1.29 is 26.0 Å². The van der Waals surface area contributed by atoms with Crippen LogP contribution in [0.1, 0.15) is 12.8 Å². The first kappa shape index (κ1) is 21.4. The summed E-state index contributed by atoms with van der Waals surface area (Å²) >= 11 is 0. The van der Waals surface area contributed by atoms with E-state index in [1.165, 1.54) is 40.7 Å². The maximum Gasteiger partial charge on any atom is 0.243 e. The lowest BCUT2D eigenvalue weighted by Crippen LogP contribution is -2.33. The summed E-state index contributed by atoms with van der Waals surface area (Å²) in [5, 5.41) is 2.44. The van der Waals surface area contributed by atoms with E-state index < -0.39 is 38.3 Å². The molecule has 2 aromatic carbocycles. The fourth-order valence-electron chi connectivity index (χ4n) is 2.85. The highest BCUT2D eigenvalue weighted by atomic mass is 32.2. The predicted molar refractivity (Wildman–Crippen MR) is 105 cm³/mol. The number of sulfonamides is 2. The first-order valence-electron chi connectivity index (χ1n) is 8.84. The van der Waals surface area contributed by atoms with Crippen LogP contribution in [0.3, 0.4) is 0 Å². The molecule has 2 aromatic rings. The summed E-state index contributed by atoms with van der Waals surface area (Å²) in [6.45, 7) is 0.369. The normalized spacial score (nSPS) is 15.3. The highest BCUT2D eigenvalue weighted by molar-refractivity contribution is 7.89. The maximum absolute atomic E-state index is 12.9. The van der Waals surface area contributed by atoms with Gasteiger partial charge in [-0.15, -0.1) is 0 Å². The highest BCUT2D eigenvalue weighted by Crippen LogP contribution is 2.22. The number of rotatable bonds is 7. The standard InChI is InChI=1S/C18H20FN3O5S2/c19-14-3-5-15(6-4-14)21-18(23)13-20-28(24,25)16-7-9-17(10-8-16)29(26,27)22-11-1-2-12-22/h3-10,20H,1-2,11-13H2,(H,21,23). The largest absolute Gasteiger partial charge is 0.325 e. The third-order valence-electron chi connectivity index (χ3n) is 4.39. The zero-order chi connectivity index (χ0) is 21.1. The quantitative estimate of drug-likeness (QED) is 0.677. The van der Waals surface area contributed by atoms with Gasteiger partial charge in [0, 0.05) is 18.8 Å². The molecule has 11 heteroatoms. The van der Waals surface area contributed by atoms with Crippen molar-refractivity contribution in [1.82, 2.24) is 9.03 Å². The molecule has 29 heavy (non-hydrogen) atoms. The van der Waals surface area contributed by atoms with Crippen LogP contribution in [0.15, 0.2) is 58.3 Å². The van der Waals surface area contributed by atoms with Gasteiger partial charge in [-0.25, -0.2) is 25.9 Å². The first-order valence-corrected chi connectivity index (χ1v) is 11.8. The fraction of sp³-hybridized carbons (Fsp3) is 0.278. The van der Waals surface area contributed by atoms with Gasteiger partial charge < -0.3 is 5.32 Å². The topological polar surface area (TPSA) is 113 Å². The Hall–Kier alpha value is -2.34. The predicted octanol–water partition coefficient (Wildman–Crippen LogP) is 1.53. The SMILES string of the molecule is O=C(CNS(=O)(=O)c1ccc(S(=O)(=O)N2CCCC2)cc1)Nc1ccc(F)cc1. The number of anilines is 1. The molecule has 1 aliphatic rings. The third-order valence-corrected chi connectivity index (χ3v) is 7.72. The minimum Gasteiger partial charge on any atom is -0.325 e. The Balaban J connectivity index is 1.63. The Bertz CT molecular complexity index is 1080. The van der Waals surface area contributed by atoms with Gasteiger partial charge in [-0.3, -0.25) is 4.79 Å². The monoisotopic (exact) mass is 441 g/mol. The smallest absolute Gasteiger partial charge is 0.243 e. The molecule has 156 valence electrons. The van der Waals surface area contributed by atoms with Gasteiger partial charge in [0.05, 0.1) is 16.3 Å². The lowest BCUT2D eigenvalue weighted by Gasteiger charge is -2.15. The van der Waals surface area contributed by atoms with Gasteiger partial charge in [-0.05, 0) is 61.4 Å². The van der Waals surface area contributed by atoms with Gasteiger partial charge in [0.25, 0.3) is 0 Å². The number of hydrogen-bond donors (Lipinski definition) is 2. The van der Waals surface area contributed by atoms with Gasteiger partial charge >= 0.3 is 0 Å². The molecular weight excluding hydrogens is 421 g/mol. The summed E-state index contributed by atoms with van der Waals surface area (Å²) in [7, 11) is -7.65. The molecule has 0 unspecified atom stereocenters. The molecule has 0 bridgehead atoms. The summed E-state index contributed by atoms with van der Waals surface area (Å²) in [5.41, 5.74) is 0.326. The maximum atomic E-state index is 12.9. The van der Waals surface area contributed by atoms with Crippen LogP contribution in [0.2, 0.25) is 0 Å². The van der Waals surface area contributed by atoms with Gasteiger partial charge in [-0.2, -0.15) is 4.31 Å². The van der Waals surface area contributed by atoms with Crippen molar-refractivity contribution in [1.29, 1.82) is 0 Å². The van der Waals surface area contributed by atoms with E-state index in [0.29, 0.717) is 18.8 Å². The summed E-state index contributed by atoms with van der Waals surface area (Å²) in [5.74, 6) is -1.09. The zero-order valence-electron chi connectivity index (χ0n) is 15.3. The molecular formula is C18H20FN3O5S2. The van der Waals surface area contributed by atoms with Crippen LogP contribution >= 0.6 is 0 Å². The second kappa shape index (κ2) is 8.57. The van der Waals surface area contributed by atoms with Gasteiger partial charge in [-0.1, -0.05) is 0 Å². The number of halogens is 1. The van der Waals surface area contributed by atoms with E-state index in [2.05, 4.69) is 10.0 Å². The van der Waals surface area contributed by atoms with Crippen LogP contribution in [0.4, 0.5) is 10.1 Å². The number of carbonyl (C=O) groups is 1. The number of benzene rings is 2. The van der Waals surface area contributed by atoms with Crippen molar-refractivity contribution in [3.05, 3.63) is 54.3 Å². The lowest BCUT2D eigenvalue weighted by atomic mass is 10.3. The minimum atomic E-state index is -4.01. The molecule has 1 aliphatic heterocycles. The molecule has 2 N–H and O–H groups in total. The number of hydrogen-bond acceptors (Lipinski definition) is 5. The molecule has 8 nitrogen and oxygen atoms in total. The van der Waals surface area contributed by atoms with E-state index in [-0.39, 0.29) is 9.79 Å². The van der Waals surface area contributed by atoms with Crippen LogP contribution in [0.25, 0.3) is 0 Å². The van der Waals surface area contributed by atoms with Crippen LogP contribution < -0.4 is 10.0 Å². The zero-order valence-corrected chi connectivity index (χ0v) is 17.0. The second-order valence-corrected chi connectivity index (χ2v) is 10.2. The van der Waals surface area contributed by atoms with Crippen LogP contribution in [0.5, 0.6) is 0 Å². The van der Waals surface area contributed by atoms with Crippen molar-refractivity contribution in [2.75, 3.05) is 25.0 Å².